The average molecular weight is 276 g/mol. The molecule has 1 atom stereocenters. The van der Waals surface area contributed by atoms with E-state index in [4.69, 9.17) is 0 Å². The third-order valence-corrected chi connectivity index (χ3v) is 4.24. The molecular weight excluding hydrogens is 256 g/mol. The van der Waals surface area contributed by atoms with Crippen molar-refractivity contribution in [3.8, 4) is 0 Å². The first-order chi connectivity index (χ1) is 10.0. The van der Waals surface area contributed by atoms with Crippen LogP contribution in [0.4, 0.5) is 0 Å². The third kappa shape index (κ3) is 2.33. The summed E-state index contributed by atoms with van der Waals surface area (Å²) in [5.41, 5.74) is 3.39. The highest BCUT2D eigenvalue weighted by atomic mass is 16.1. The maximum atomic E-state index is 11.7. The molecule has 0 bridgehead atoms. The van der Waals surface area contributed by atoms with Gasteiger partial charge >= 0.3 is 0 Å². The maximum Gasteiger partial charge on any atom is 0.150 e. The summed E-state index contributed by atoms with van der Waals surface area (Å²) in [6.07, 6.45) is 7.49. The van der Waals surface area contributed by atoms with Crippen LogP contribution < -0.4 is 0 Å². The molecule has 0 saturated heterocycles. The number of carbonyl (C=O) groups is 1. The van der Waals surface area contributed by atoms with E-state index in [0.29, 0.717) is 0 Å². The molecule has 1 nitrogen and oxygen atoms in total. The highest BCUT2D eigenvalue weighted by Gasteiger charge is 2.28. The summed E-state index contributed by atoms with van der Waals surface area (Å²) >= 11 is 0. The van der Waals surface area contributed by atoms with Crippen molar-refractivity contribution in [3.05, 3.63) is 71.3 Å². The Morgan fingerprint density at radius 3 is 2.52 bits per heavy atom. The van der Waals surface area contributed by atoms with Gasteiger partial charge in [0.05, 0.1) is 0 Å². The molecule has 0 aliphatic heterocycles. The Balaban J connectivity index is 2.20. The number of hydrogen-bond donors (Lipinski definition) is 0. The van der Waals surface area contributed by atoms with Crippen LogP contribution in [0.15, 0.2) is 60.2 Å². The fourth-order valence-electron chi connectivity index (χ4n) is 3.18. The van der Waals surface area contributed by atoms with Crippen molar-refractivity contribution >= 4 is 17.1 Å². The molecule has 0 saturated carbocycles. The van der Waals surface area contributed by atoms with E-state index in [9.17, 15) is 4.79 Å². The second-order valence-electron chi connectivity index (χ2n) is 6.64. The van der Waals surface area contributed by atoms with E-state index in [0.717, 1.165) is 28.2 Å². The van der Waals surface area contributed by atoms with Crippen molar-refractivity contribution in [1.82, 2.24) is 0 Å². The van der Waals surface area contributed by atoms with E-state index in [-0.39, 0.29) is 11.3 Å². The normalized spacial score (nSPS) is 18.0. The van der Waals surface area contributed by atoms with Gasteiger partial charge in [0.1, 0.15) is 0 Å². The summed E-state index contributed by atoms with van der Waals surface area (Å²) in [7, 11) is 0. The standard InChI is InChI=1S/C20H20O/c1-20(2,3)19-10-6-9-17(19)16-12-11-14-7-4-5-8-15(14)18(16)13-21/h4-13,17H,1-3H3. The Kier molecular flexibility index (Phi) is 3.29. The molecule has 2 aromatic carbocycles. The molecule has 21 heavy (non-hydrogen) atoms. The zero-order valence-electron chi connectivity index (χ0n) is 12.8. The number of allylic oxidation sites excluding steroid dienone is 4. The molecule has 2 aromatic rings. The van der Waals surface area contributed by atoms with Gasteiger partial charge in [0.15, 0.2) is 6.29 Å². The van der Waals surface area contributed by atoms with Crippen LogP contribution in [0.2, 0.25) is 0 Å². The molecule has 106 valence electrons. The molecule has 0 radical (unpaired) electrons. The van der Waals surface area contributed by atoms with Gasteiger partial charge in [0.2, 0.25) is 0 Å². The van der Waals surface area contributed by atoms with Gasteiger partial charge in [0.25, 0.3) is 0 Å². The van der Waals surface area contributed by atoms with Crippen LogP contribution in [0.3, 0.4) is 0 Å². The first-order valence-corrected chi connectivity index (χ1v) is 7.38. The zero-order valence-corrected chi connectivity index (χ0v) is 12.8. The van der Waals surface area contributed by atoms with Gasteiger partial charge in [-0.15, -0.1) is 0 Å². The maximum absolute atomic E-state index is 11.7. The molecule has 0 N–H and O–H groups in total. The zero-order chi connectivity index (χ0) is 15.0. The van der Waals surface area contributed by atoms with Gasteiger partial charge in [-0.1, -0.05) is 81.0 Å². The summed E-state index contributed by atoms with van der Waals surface area (Å²) in [4.78, 5) is 11.7. The molecule has 1 unspecified atom stereocenters. The molecule has 3 rings (SSSR count). The molecule has 0 amide bonds. The third-order valence-electron chi connectivity index (χ3n) is 4.24. The Bertz CT molecular complexity index is 757. The summed E-state index contributed by atoms with van der Waals surface area (Å²) in [5, 5.41) is 2.16. The quantitative estimate of drug-likeness (QED) is 0.682. The Hall–Kier alpha value is -2.15. The second-order valence-corrected chi connectivity index (χ2v) is 6.64. The SMILES string of the molecule is CC(C)(C)C1=CC=CC1c1ccc2ccccc2c1C=O. The van der Waals surface area contributed by atoms with Crippen molar-refractivity contribution in [1.29, 1.82) is 0 Å². The first-order valence-electron chi connectivity index (χ1n) is 7.38. The van der Waals surface area contributed by atoms with Crippen LogP contribution in [-0.4, -0.2) is 6.29 Å². The summed E-state index contributed by atoms with van der Waals surface area (Å²) in [6.45, 7) is 6.67. The van der Waals surface area contributed by atoms with E-state index in [1.54, 1.807) is 0 Å². The number of carbonyl (C=O) groups excluding carboxylic acids is 1. The summed E-state index contributed by atoms with van der Waals surface area (Å²) < 4.78 is 0. The van der Waals surface area contributed by atoms with Crippen LogP contribution in [0, 0.1) is 5.41 Å². The molecule has 0 fully saturated rings. The Morgan fingerprint density at radius 2 is 1.81 bits per heavy atom. The summed E-state index contributed by atoms with van der Waals surface area (Å²) in [5.74, 6) is 0.204. The molecule has 0 heterocycles. The lowest BCUT2D eigenvalue weighted by molar-refractivity contribution is 0.112. The largest absolute Gasteiger partial charge is 0.298 e. The highest BCUT2D eigenvalue weighted by Crippen LogP contribution is 2.42. The fourth-order valence-corrected chi connectivity index (χ4v) is 3.18. The van der Waals surface area contributed by atoms with Gasteiger partial charge in [-0.25, -0.2) is 0 Å². The molecule has 0 aromatic heterocycles. The van der Waals surface area contributed by atoms with Gasteiger partial charge in [-0.05, 0) is 21.8 Å². The van der Waals surface area contributed by atoms with Crippen molar-refractivity contribution in [2.45, 2.75) is 26.7 Å². The Labute approximate surface area is 126 Å². The number of rotatable bonds is 2. The highest BCUT2D eigenvalue weighted by molar-refractivity contribution is 6.00. The predicted molar refractivity (Wildman–Crippen MR) is 88.8 cm³/mol. The second kappa shape index (κ2) is 5.00. The lowest BCUT2D eigenvalue weighted by atomic mass is 9.76. The number of hydrogen-bond acceptors (Lipinski definition) is 1. The minimum atomic E-state index is 0.0972. The minimum absolute atomic E-state index is 0.0972. The van der Waals surface area contributed by atoms with Crippen LogP contribution in [0.25, 0.3) is 10.8 Å². The van der Waals surface area contributed by atoms with E-state index in [2.05, 4.69) is 57.2 Å². The lowest BCUT2D eigenvalue weighted by Crippen LogP contribution is -2.15. The van der Waals surface area contributed by atoms with Crippen molar-refractivity contribution in [2.75, 3.05) is 0 Å². The number of benzene rings is 2. The van der Waals surface area contributed by atoms with Crippen LogP contribution in [0.5, 0.6) is 0 Å². The minimum Gasteiger partial charge on any atom is -0.298 e. The van der Waals surface area contributed by atoms with Crippen LogP contribution in [-0.2, 0) is 0 Å². The van der Waals surface area contributed by atoms with E-state index >= 15 is 0 Å². The molecule has 1 heteroatoms. The molecular formula is C20H20O. The average Bonchev–Trinajstić information content (AvgIpc) is 2.95. The fraction of sp³-hybridized carbons (Fsp3) is 0.250. The lowest BCUT2D eigenvalue weighted by Gasteiger charge is -2.28. The number of aldehydes is 1. The van der Waals surface area contributed by atoms with Crippen molar-refractivity contribution < 1.29 is 4.79 Å². The predicted octanol–water partition coefficient (Wildman–Crippen LogP) is 5.28. The molecule has 1 aliphatic carbocycles. The topological polar surface area (TPSA) is 17.1 Å². The van der Waals surface area contributed by atoms with Crippen molar-refractivity contribution in [3.63, 3.8) is 0 Å². The van der Waals surface area contributed by atoms with Crippen molar-refractivity contribution in [2.24, 2.45) is 5.41 Å². The van der Waals surface area contributed by atoms with Crippen LogP contribution in [0.1, 0.15) is 42.6 Å². The van der Waals surface area contributed by atoms with E-state index < -0.39 is 0 Å². The van der Waals surface area contributed by atoms with E-state index in [1.807, 2.05) is 18.2 Å². The van der Waals surface area contributed by atoms with Gasteiger partial charge in [-0.2, -0.15) is 0 Å². The van der Waals surface area contributed by atoms with Gasteiger partial charge < -0.3 is 0 Å². The Morgan fingerprint density at radius 1 is 1.05 bits per heavy atom. The monoisotopic (exact) mass is 276 g/mol. The van der Waals surface area contributed by atoms with Gasteiger partial charge in [-0.3, -0.25) is 4.79 Å². The summed E-state index contributed by atoms with van der Waals surface area (Å²) in [6, 6.07) is 12.3. The molecule has 0 spiro atoms. The van der Waals surface area contributed by atoms with Crippen LogP contribution >= 0.6 is 0 Å². The van der Waals surface area contributed by atoms with E-state index in [1.165, 1.54) is 5.57 Å². The first kappa shape index (κ1) is 13.8. The van der Waals surface area contributed by atoms with Gasteiger partial charge in [0, 0.05) is 11.5 Å². The number of fused-ring (bicyclic) bond motifs is 1. The smallest absolute Gasteiger partial charge is 0.150 e. The molecule has 1 aliphatic rings.